The number of hydrogen-bond donors (Lipinski definition) is 2. The molecule has 0 aliphatic rings. The van der Waals surface area contributed by atoms with E-state index >= 15 is 0 Å². The number of rotatable bonds is 3. The van der Waals surface area contributed by atoms with Crippen molar-refractivity contribution in [1.82, 2.24) is 20.2 Å². The predicted molar refractivity (Wildman–Crippen MR) is 95.9 cm³/mol. The van der Waals surface area contributed by atoms with Gasteiger partial charge in [-0.2, -0.15) is 5.10 Å². The van der Waals surface area contributed by atoms with Crippen molar-refractivity contribution in [1.29, 1.82) is 0 Å². The Hall–Kier alpha value is -3.00. The Kier molecular flexibility index (Phi) is 3.61. The van der Waals surface area contributed by atoms with Crippen LogP contribution in [0.4, 0.5) is 5.69 Å². The van der Waals surface area contributed by atoms with Crippen molar-refractivity contribution in [2.75, 3.05) is 5.32 Å². The van der Waals surface area contributed by atoms with Gasteiger partial charge in [0.25, 0.3) is 5.91 Å². The molecule has 4 rings (SSSR count). The molecule has 2 N–H and O–H groups in total. The molecule has 7 nitrogen and oxygen atoms in total. The lowest BCUT2D eigenvalue weighted by molar-refractivity contribution is 0.103. The maximum absolute atomic E-state index is 12.6. The van der Waals surface area contributed by atoms with Crippen LogP contribution in [0.3, 0.4) is 0 Å². The molecule has 0 aliphatic carbocycles. The molecular formula is C17H15N5O2S. The first-order valence-electron chi connectivity index (χ1n) is 7.67. The zero-order valence-electron chi connectivity index (χ0n) is 13.9. The van der Waals surface area contributed by atoms with Gasteiger partial charge in [0.15, 0.2) is 16.4 Å². The molecule has 0 radical (unpaired) electrons. The second-order valence-corrected chi connectivity index (χ2v) is 6.74. The van der Waals surface area contributed by atoms with Crippen molar-refractivity contribution < 1.29 is 9.21 Å². The van der Waals surface area contributed by atoms with E-state index in [9.17, 15) is 4.79 Å². The highest BCUT2D eigenvalue weighted by Gasteiger charge is 2.18. The van der Waals surface area contributed by atoms with Gasteiger partial charge < -0.3 is 9.73 Å². The summed E-state index contributed by atoms with van der Waals surface area (Å²) >= 11 is 1.31. The average molecular weight is 353 g/mol. The summed E-state index contributed by atoms with van der Waals surface area (Å²) in [5.41, 5.74) is 2.81. The average Bonchev–Trinajstić information content (AvgIpc) is 3.27. The number of amides is 1. The number of furan rings is 1. The van der Waals surface area contributed by atoms with Crippen LogP contribution in [0.1, 0.15) is 26.8 Å². The van der Waals surface area contributed by atoms with Crippen LogP contribution in [0.2, 0.25) is 0 Å². The third-order valence-corrected chi connectivity index (χ3v) is 4.98. The topological polar surface area (TPSA) is 96.7 Å². The van der Waals surface area contributed by atoms with Crippen molar-refractivity contribution in [3.63, 3.8) is 0 Å². The summed E-state index contributed by atoms with van der Waals surface area (Å²) in [5.74, 6) is 1.26. The molecule has 0 unspecified atom stereocenters. The summed E-state index contributed by atoms with van der Waals surface area (Å²) in [7, 11) is 0. The van der Waals surface area contributed by atoms with Crippen LogP contribution in [0.15, 0.2) is 28.8 Å². The van der Waals surface area contributed by atoms with Gasteiger partial charge in [-0.25, -0.2) is 9.97 Å². The lowest BCUT2D eigenvalue weighted by Gasteiger charge is -2.03. The number of thiazole rings is 1. The molecule has 4 heterocycles. The van der Waals surface area contributed by atoms with Gasteiger partial charge >= 0.3 is 0 Å². The summed E-state index contributed by atoms with van der Waals surface area (Å²) in [6.07, 6.45) is 1.59. The summed E-state index contributed by atoms with van der Waals surface area (Å²) < 4.78 is 5.58. The molecule has 1 amide bonds. The van der Waals surface area contributed by atoms with E-state index in [2.05, 4.69) is 25.5 Å². The van der Waals surface area contributed by atoms with Gasteiger partial charge in [0.2, 0.25) is 0 Å². The number of nitrogens with one attached hydrogen (secondary N) is 2. The van der Waals surface area contributed by atoms with Gasteiger partial charge in [-0.05, 0) is 39.0 Å². The minimum absolute atomic E-state index is 0.216. The van der Waals surface area contributed by atoms with E-state index in [0.29, 0.717) is 32.7 Å². The first-order chi connectivity index (χ1) is 12.0. The number of aromatic amines is 1. The molecule has 0 atom stereocenters. The fourth-order valence-electron chi connectivity index (χ4n) is 2.54. The lowest BCUT2D eigenvalue weighted by atomic mass is 10.2. The van der Waals surface area contributed by atoms with E-state index in [1.807, 2.05) is 39.0 Å². The smallest absolute Gasteiger partial charge is 0.267 e. The third-order valence-electron chi connectivity index (χ3n) is 3.81. The minimum Gasteiger partial charge on any atom is -0.459 e. The van der Waals surface area contributed by atoms with Gasteiger partial charge in [0.1, 0.15) is 10.6 Å². The number of nitrogens with zero attached hydrogens (tertiary/aromatic N) is 3. The van der Waals surface area contributed by atoms with Crippen LogP contribution in [0.25, 0.3) is 21.8 Å². The van der Waals surface area contributed by atoms with Crippen LogP contribution in [-0.2, 0) is 0 Å². The van der Waals surface area contributed by atoms with E-state index in [0.717, 1.165) is 16.8 Å². The number of fused-ring (bicyclic) bond motifs is 1. The largest absolute Gasteiger partial charge is 0.459 e. The molecular weight excluding hydrogens is 338 g/mol. The first kappa shape index (κ1) is 15.5. The molecule has 0 saturated carbocycles. The molecule has 4 aromatic rings. The molecule has 0 aromatic carbocycles. The predicted octanol–water partition coefficient (Wildman–Crippen LogP) is 3.85. The van der Waals surface area contributed by atoms with Crippen LogP contribution in [0.5, 0.6) is 0 Å². The normalized spacial score (nSPS) is 11.2. The van der Waals surface area contributed by atoms with E-state index in [1.54, 1.807) is 6.20 Å². The Morgan fingerprint density at radius 2 is 2.12 bits per heavy atom. The number of pyridine rings is 1. The molecule has 0 saturated heterocycles. The Bertz CT molecular complexity index is 1090. The van der Waals surface area contributed by atoms with Crippen LogP contribution in [0, 0.1) is 20.8 Å². The maximum Gasteiger partial charge on any atom is 0.267 e. The highest BCUT2D eigenvalue weighted by atomic mass is 32.1. The Morgan fingerprint density at radius 3 is 2.88 bits per heavy atom. The molecule has 0 fully saturated rings. The minimum atomic E-state index is -0.216. The number of carbonyl (C=O) groups is 1. The van der Waals surface area contributed by atoms with Gasteiger partial charge in [-0.1, -0.05) is 0 Å². The number of aromatic nitrogens is 4. The van der Waals surface area contributed by atoms with E-state index in [-0.39, 0.29) is 5.91 Å². The third kappa shape index (κ3) is 2.80. The lowest BCUT2D eigenvalue weighted by Crippen LogP contribution is -2.11. The second-order valence-electron chi connectivity index (χ2n) is 5.74. The molecule has 126 valence electrons. The molecule has 0 aliphatic heterocycles. The summed E-state index contributed by atoms with van der Waals surface area (Å²) in [4.78, 5) is 21.9. The second kappa shape index (κ2) is 5.82. The fourth-order valence-corrected chi connectivity index (χ4v) is 3.46. The maximum atomic E-state index is 12.6. The number of aryl methyl sites for hydroxylation is 3. The number of hydrogen-bond acceptors (Lipinski definition) is 6. The van der Waals surface area contributed by atoms with E-state index < -0.39 is 0 Å². The van der Waals surface area contributed by atoms with E-state index in [4.69, 9.17) is 4.42 Å². The number of H-pyrrole nitrogens is 1. The number of anilines is 1. The highest BCUT2D eigenvalue weighted by molar-refractivity contribution is 7.17. The van der Waals surface area contributed by atoms with Gasteiger partial charge in [0, 0.05) is 11.1 Å². The van der Waals surface area contributed by atoms with Crippen molar-refractivity contribution in [2.45, 2.75) is 20.8 Å². The number of carbonyl (C=O) groups excluding carboxylic acids is 1. The molecule has 25 heavy (non-hydrogen) atoms. The monoisotopic (exact) mass is 353 g/mol. The summed E-state index contributed by atoms with van der Waals surface area (Å²) in [6, 6.07) is 5.58. The van der Waals surface area contributed by atoms with E-state index in [1.165, 1.54) is 11.3 Å². The zero-order valence-corrected chi connectivity index (χ0v) is 14.7. The van der Waals surface area contributed by atoms with Crippen LogP contribution in [-0.4, -0.2) is 26.1 Å². The Balaban J connectivity index is 1.62. The standard InChI is InChI=1S/C17H15N5O2S/c1-8-4-5-13(24-8)17-19-10(3)14(25-17)16(23)20-11-6-12-9(2)21-22-15(12)18-7-11/h4-7H,1-3H3,(H,20,23)(H,18,21,22). The van der Waals surface area contributed by atoms with Crippen molar-refractivity contribution in [3.05, 3.63) is 46.4 Å². The quantitative estimate of drug-likeness (QED) is 0.583. The van der Waals surface area contributed by atoms with Crippen molar-refractivity contribution in [2.24, 2.45) is 0 Å². The Labute approximate surface area is 147 Å². The molecule has 4 aromatic heterocycles. The molecule has 0 bridgehead atoms. The van der Waals surface area contributed by atoms with Gasteiger partial charge in [0.05, 0.1) is 17.6 Å². The molecule has 8 heteroatoms. The van der Waals surface area contributed by atoms with Crippen LogP contribution < -0.4 is 5.32 Å². The highest BCUT2D eigenvalue weighted by Crippen LogP contribution is 2.30. The fraction of sp³-hybridized carbons (Fsp3) is 0.176. The zero-order chi connectivity index (χ0) is 17.6. The summed E-state index contributed by atoms with van der Waals surface area (Å²) in [5, 5.41) is 11.4. The Morgan fingerprint density at radius 1 is 1.28 bits per heavy atom. The summed E-state index contributed by atoms with van der Waals surface area (Å²) in [6.45, 7) is 5.60. The SMILES string of the molecule is Cc1ccc(-c2nc(C)c(C(=O)Nc3cnc4n[nH]c(C)c4c3)s2)o1. The van der Waals surface area contributed by atoms with Gasteiger partial charge in [-0.15, -0.1) is 11.3 Å². The first-order valence-corrected chi connectivity index (χ1v) is 8.49. The molecule has 0 spiro atoms. The van der Waals surface area contributed by atoms with Crippen molar-refractivity contribution >= 4 is 34.0 Å². The van der Waals surface area contributed by atoms with Gasteiger partial charge in [-0.3, -0.25) is 9.89 Å². The van der Waals surface area contributed by atoms with Crippen molar-refractivity contribution in [3.8, 4) is 10.8 Å². The van der Waals surface area contributed by atoms with Crippen LogP contribution >= 0.6 is 11.3 Å².